The van der Waals surface area contributed by atoms with Gasteiger partial charge in [-0.3, -0.25) is 14.3 Å². The molecule has 2 amide bonds. The van der Waals surface area contributed by atoms with E-state index in [1.807, 2.05) is 6.92 Å². The van der Waals surface area contributed by atoms with Crippen LogP contribution >= 0.6 is 0 Å². The summed E-state index contributed by atoms with van der Waals surface area (Å²) in [5.74, 6) is -0.273. The molecule has 7 heteroatoms. The zero-order valence-electron chi connectivity index (χ0n) is 11.5. The minimum Gasteiger partial charge on any atom is -0.377 e. The molecule has 20 heavy (non-hydrogen) atoms. The second kappa shape index (κ2) is 6.51. The number of ether oxygens (including phenoxy) is 1. The molecular weight excluding hydrogens is 260 g/mol. The third-order valence-corrected chi connectivity index (χ3v) is 3.39. The summed E-state index contributed by atoms with van der Waals surface area (Å²) in [5.41, 5.74) is 5.08. The van der Waals surface area contributed by atoms with Gasteiger partial charge < -0.3 is 15.8 Å². The lowest BCUT2D eigenvalue weighted by Crippen LogP contribution is -2.37. The van der Waals surface area contributed by atoms with Crippen LogP contribution < -0.4 is 11.1 Å². The maximum absolute atomic E-state index is 12.2. The molecule has 7 nitrogen and oxygen atoms in total. The van der Waals surface area contributed by atoms with E-state index in [1.165, 1.54) is 4.68 Å². The number of anilines is 1. The Labute approximate surface area is 117 Å². The molecule has 0 aliphatic carbocycles. The van der Waals surface area contributed by atoms with Crippen LogP contribution in [0.2, 0.25) is 0 Å². The third kappa shape index (κ3) is 3.57. The summed E-state index contributed by atoms with van der Waals surface area (Å²) in [6.07, 6.45) is 4.11. The Morgan fingerprint density at radius 1 is 1.60 bits per heavy atom. The zero-order valence-corrected chi connectivity index (χ0v) is 11.5. The predicted molar refractivity (Wildman–Crippen MR) is 72.8 cm³/mol. The van der Waals surface area contributed by atoms with Crippen molar-refractivity contribution in [3.8, 4) is 0 Å². The molecule has 110 valence electrons. The molecule has 0 bridgehead atoms. The third-order valence-electron chi connectivity index (χ3n) is 3.39. The van der Waals surface area contributed by atoms with Crippen LogP contribution in [-0.4, -0.2) is 34.3 Å². The lowest BCUT2D eigenvalue weighted by Gasteiger charge is -2.29. The first-order valence-corrected chi connectivity index (χ1v) is 6.84. The molecule has 0 radical (unpaired) electrons. The van der Waals surface area contributed by atoms with Crippen molar-refractivity contribution in [2.75, 3.05) is 11.9 Å². The van der Waals surface area contributed by atoms with Crippen molar-refractivity contribution < 1.29 is 14.3 Å². The zero-order chi connectivity index (χ0) is 14.5. The largest absolute Gasteiger partial charge is 0.377 e. The number of nitrogens with one attached hydrogen (secondary N) is 1. The van der Waals surface area contributed by atoms with Crippen LogP contribution in [0.4, 0.5) is 5.82 Å². The Morgan fingerprint density at radius 3 is 3.10 bits per heavy atom. The molecular formula is C13H20N4O3. The first-order valence-electron chi connectivity index (χ1n) is 6.84. The lowest BCUT2D eigenvalue weighted by atomic mass is 9.92. The SMILES string of the molecule is CC[C@@H]1OCCC[C@@H]1C(=O)Nc1ccn(CC(N)=O)n1. The molecule has 1 aromatic heterocycles. The number of carbonyl (C=O) groups excluding carboxylic acids is 2. The molecule has 0 aromatic carbocycles. The van der Waals surface area contributed by atoms with Crippen molar-refractivity contribution >= 4 is 17.6 Å². The second-order valence-electron chi connectivity index (χ2n) is 4.92. The molecule has 2 heterocycles. The van der Waals surface area contributed by atoms with Gasteiger partial charge in [0.1, 0.15) is 6.54 Å². The maximum Gasteiger partial charge on any atom is 0.239 e. The number of hydrogen-bond donors (Lipinski definition) is 2. The van der Waals surface area contributed by atoms with Gasteiger partial charge >= 0.3 is 0 Å². The highest BCUT2D eigenvalue weighted by molar-refractivity contribution is 5.92. The van der Waals surface area contributed by atoms with E-state index >= 15 is 0 Å². The summed E-state index contributed by atoms with van der Waals surface area (Å²) in [7, 11) is 0. The van der Waals surface area contributed by atoms with E-state index in [0.717, 1.165) is 25.9 Å². The molecule has 0 spiro atoms. The highest BCUT2D eigenvalue weighted by Crippen LogP contribution is 2.24. The van der Waals surface area contributed by atoms with Gasteiger partial charge in [0.25, 0.3) is 0 Å². The van der Waals surface area contributed by atoms with Crippen LogP contribution in [0.1, 0.15) is 26.2 Å². The van der Waals surface area contributed by atoms with E-state index < -0.39 is 5.91 Å². The average Bonchev–Trinajstić information content (AvgIpc) is 2.85. The van der Waals surface area contributed by atoms with E-state index in [9.17, 15) is 9.59 Å². The van der Waals surface area contributed by atoms with E-state index in [4.69, 9.17) is 10.5 Å². The molecule has 1 aliphatic rings. The van der Waals surface area contributed by atoms with Crippen molar-refractivity contribution in [2.45, 2.75) is 38.8 Å². The minimum absolute atomic E-state index is 0.00000480. The Morgan fingerprint density at radius 2 is 2.40 bits per heavy atom. The fourth-order valence-electron chi connectivity index (χ4n) is 2.44. The Kier molecular flexibility index (Phi) is 4.73. The monoisotopic (exact) mass is 280 g/mol. The molecule has 1 saturated heterocycles. The van der Waals surface area contributed by atoms with E-state index in [1.54, 1.807) is 12.3 Å². The first kappa shape index (κ1) is 14.5. The van der Waals surface area contributed by atoms with Gasteiger partial charge in [-0.15, -0.1) is 0 Å². The quantitative estimate of drug-likeness (QED) is 0.821. The Hall–Kier alpha value is -1.89. The number of hydrogen-bond acceptors (Lipinski definition) is 4. The number of rotatable bonds is 5. The second-order valence-corrected chi connectivity index (χ2v) is 4.92. The van der Waals surface area contributed by atoms with Gasteiger partial charge in [-0.1, -0.05) is 6.92 Å². The number of carbonyl (C=O) groups is 2. The average molecular weight is 280 g/mol. The highest BCUT2D eigenvalue weighted by atomic mass is 16.5. The van der Waals surface area contributed by atoms with Crippen LogP contribution in [0.5, 0.6) is 0 Å². The maximum atomic E-state index is 12.2. The van der Waals surface area contributed by atoms with Gasteiger partial charge in [-0.25, -0.2) is 0 Å². The predicted octanol–water partition coefficient (Wildman–Crippen LogP) is 0.512. The number of amides is 2. The Bertz CT molecular complexity index is 486. The topological polar surface area (TPSA) is 99.2 Å². The van der Waals surface area contributed by atoms with Gasteiger partial charge in [0, 0.05) is 18.9 Å². The van der Waals surface area contributed by atoms with Gasteiger partial charge in [0.05, 0.1) is 12.0 Å². The molecule has 3 N–H and O–H groups in total. The van der Waals surface area contributed by atoms with Crippen LogP contribution in [0.25, 0.3) is 0 Å². The minimum atomic E-state index is -0.474. The summed E-state index contributed by atoms with van der Waals surface area (Å²) in [6, 6.07) is 1.64. The lowest BCUT2D eigenvalue weighted by molar-refractivity contribution is -0.129. The molecule has 0 saturated carbocycles. The standard InChI is InChI=1S/C13H20N4O3/c1-2-10-9(4-3-7-20-10)13(19)15-12-5-6-17(16-12)8-11(14)18/h5-6,9-10H,2-4,7-8H2,1H3,(H2,14,18)(H,15,16,19)/t9-,10-/m0/s1. The molecule has 1 aromatic rings. The summed E-state index contributed by atoms with van der Waals surface area (Å²) < 4.78 is 7.00. The van der Waals surface area contributed by atoms with Crippen molar-refractivity contribution in [3.63, 3.8) is 0 Å². The first-order chi connectivity index (χ1) is 9.60. The van der Waals surface area contributed by atoms with Crippen molar-refractivity contribution in [1.29, 1.82) is 0 Å². The van der Waals surface area contributed by atoms with Gasteiger partial charge in [0.2, 0.25) is 11.8 Å². The van der Waals surface area contributed by atoms with Crippen molar-refractivity contribution in [2.24, 2.45) is 11.7 Å². The number of aromatic nitrogens is 2. The molecule has 2 atom stereocenters. The fraction of sp³-hybridized carbons (Fsp3) is 0.615. The van der Waals surface area contributed by atoms with Crippen LogP contribution in [0, 0.1) is 5.92 Å². The molecule has 0 unspecified atom stereocenters. The molecule has 1 aliphatic heterocycles. The van der Waals surface area contributed by atoms with Crippen molar-refractivity contribution in [1.82, 2.24) is 9.78 Å². The summed E-state index contributed by atoms with van der Waals surface area (Å²) in [6.45, 7) is 2.73. The molecule has 2 rings (SSSR count). The summed E-state index contributed by atoms with van der Waals surface area (Å²) >= 11 is 0. The van der Waals surface area contributed by atoms with Gasteiger partial charge in [-0.05, 0) is 19.3 Å². The van der Waals surface area contributed by atoms with Crippen molar-refractivity contribution in [3.05, 3.63) is 12.3 Å². The number of primary amides is 1. The summed E-state index contributed by atoms with van der Waals surface area (Å²) in [4.78, 5) is 23.0. The molecule has 1 fully saturated rings. The van der Waals surface area contributed by atoms with E-state index in [2.05, 4.69) is 10.4 Å². The number of nitrogens with zero attached hydrogens (tertiary/aromatic N) is 2. The van der Waals surface area contributed by atoms with E-state index in [0.29, 0.717) is 5.82 Å². The smallest absolute Gasteiger partial charge is 0.239 e. The van der Waals surface area contributed by atoms with Crippen LogP contribution in [0.3, 0.4) is 0 Å². The summed E-state index contributed by atoms with van der Waals surface area (Å²) in [5, 5.41) is 6.85. The van der Waals surface area contributed by atoms with Gasteiger partial charge in [-0.2, -0.15) is 5.10 Å². The number of nitrogens with two attached hydrogens (primary N) is 1. The fourth-order valence-corrected chi connectivity index (χ4v) is 2.44. The van der Waals surface area contributed by atoms with Gasteiger partial charge in [0.15, 0.2) is 5.82 Å². The van der Waals surface area contributed by atoms with Crippen LogP contribution in [-0.2, 0) is 20.9 Å². The Balaban J connectivity index is 1.96. The van der Waals surface area contributed by atoms with E-state index in [-0.39, 0.29) is 24.5 Å². The highest BCUT2D eigenvalue weighted by Gasteiger charge is 2.30. The van der Waals surface area contributed by atoms with Crippen LogP contribution in [0.15, 0.2) is 12.3 Å². The normalized spacial score (nSPS) is 22.4.